The lowest BCUT2D eigenvalue weighted by atomic mass is 10.0. The molecular weight excluding hydrogens is 231 g/mol. The van der Waals surface area contributed by atoms with Crippen molar-refractivity contribution < 1.29 is 13.2 Å². The number of alkyl halides is 3. The Morgan fingerprint density at radius 1 is 1.12 bits per heavy atom. The Morgan fingerprint density at radius 3 is 2.12 bits per heavy atom. The van der Waals surface area contributed by atoms with Crippen molar-refractivity contribution in [2.75, 3.05) is 18.0 Å². The van der Waals surface area contributed by atoms with Crippen LogP contribution in [0.1, 0.15) is 19.5 Å². The van der Waals surface area contributed by atoms with Crippen LogP contribution < -0.4 is 4.90 Å². The molecule has 0 radical (unpaired) electrons. The summed E-state index contributed by atoms with van der Waals surface area (Å²) < 4.78 is 36.9. The van der Waals surface area contributed by atoms with Crippen LogP contribution in [-0.4, -0.2) is 23.1 Å². The van der Waals surface area contributed by atoms with Crippen LogP contribution in [0.15, 0.2) is 12.4 Å². The first-order valence-electron chi connectivity index (χ1n) is 5.52. The maximum Gasteiger partial charge on any atom is 0.434 e. The van der Waals surface area contributed by atoms with Gasteiger partial charge in [0.05, 0.1) is 12.4 Å². The predicted octanol–water partition coefficient (Wildman–Crippen LogP) is 2.59. The Balaban J connectivity index is 2.14. The van der Waals surface area contributed by atoms with E-state index in [9.17, 15) is 13.2 Å². The third-order valence-electron chi connectivity index (χ3n) is 3.24. The number of hydrogen-bond acceptors (Lipinski definition) is 3. The van der Waals surface area contributed by atoms with Gasteiger partial charge in [0.25, 0.3) is 0 Å². The van der Waals surface area contributed by atoms with E-state index in [0.29, 0.717) is 17.7 Å². The van der Waals surface area contributed by atoms with E-state index >= 15 is 0 Å². The van der Waals surface area contributed by atoms with Gasteiger partial charge >= 0.3 is 6.18 Å². The van der Waals surface area contributed by atoms with Crippen molar-refractivity contribution in [3.05, 3.63) is 18.1 Å². The Morgan fingerprint density at radius 2 is 1.71 bits per heavy atom. The number of halogens is 3. The highest BCUT2D eigenvalue weighted by Gasteiger charge is 2.33. The van der Waals surface area contributed by atoms with Crippen LogP contribution in [0, 0.1) is 11.8 Å². The molecule has 0 aliphatic carbocycles. The van der Waals surface area contributed by atoms with Gasteiger partial charge in [0.2, 0.25) is 0 Å². The Kier molecular flexibility index (Phi) is 2.97. The molecular formula is C11H14F3N3. The Labute approximate surface area is 97.7 Å². The summed E-state index contributed by atoms with van der Waals surface area (Å²) in [4.78, 5) is 9.23. The molecule has 0 amide bonds. The fourth-order valence-corrected chi connectivity index (χ4v) is 1.95. The van der Waals surface area contributed by atoms with Crippen LogP contribution in [0.4, 0.5) is 19.0 Å². The van der Waals surface area contributed by atoms with Gasteiger partial charge in [0, 0.05) is 13.1 Å². The highest BCUT2D eigenvalue weighted by molar-refractivity contribution is 5.37. The molecule has 6 heteroatoms. The number of rotatable bonds is 1. The van der Waals surface area contributed by atoms with Gasteiger partial charge in [0.1, 0.15) is 5.82 Å². The van der Waals surface area contributed by atoms with Crippen LogP contribution >= 0.6 is 0 Å². The van der Waals surface area contributed by atoms with E-state index in [0.717, 1.165) is 19.3 Å². The first-order chi connectivity index (χ1) is 7.88. The van der Waals surface area contributed by atoms with E-state index in [1.165, 1.54) is 6.20 Å². The fraction of sp³-hybridized carbons (Fsp3) is 0.636. The largest absolute Gasteiger partial charge is 0.434 e. The molecule has 0 N–H and O–H groups in total. The van der Waals surface area contributed by atoms with Gasteiger partial charge in [-0.15, -0.1) is 0 Å². The average Bonchev–Trinajstić information content (AvgIpc) is 2.58. The van der Waals surface area contributed by atoms with E-state index in [2.05, 4.69) is 23.8 Å². The Bertz CT molecular complexity index is 378. The van der Waals surface area contributed by atoms with Crippen LogP contribution in [-0.2, 0) is 6.18 Å². The van der Waals surface area contributed by atoms with Crippen LogP contribution in [0.2, 0.25) is 0 Å². The number of aromatic nitrogens is 2. The van der Waals surface area contributed by atoms with E-state index in [-0.39, 0.29) is 0 Å². The second kappa shape index (κ2) is 4.16. The third-order valence-corrected chi connectivity index (χ3v) is 3.24. The van der Waals surface area contributed by atoms with Crippen molar-refractivity contribution in [2.24, 2.45) is 11.8 Å². The lowest BCUT2D eigenvalue weighted by Gasteiger charge is -2.16. The first-order valence-corrected chi connectivity index (χ1v) is 5.52. The molecule has 17 heavy (non-hydrogen) atoms. The summed E-state index contributed by atoms with van der Waals surface area (Å²) in [5, 5.41) is 0. The quantitative estimate of drug-likeness (QED) is 0.761. The predicted molar refractivity (Wildman–Crippen MR) is 57.6 cm³/mol. The fourth-order valence-electron chi connectivity index (χ4n) is 1.95. The Hall–Kier alpha value is -1.33. The van der Waals surface area contributed by atoms with Crippen molar-refractivity contribution in [3.63, 3.8) is 0 Å². The number of hydrogen-bond donors (Lipinski definition) is 0. The standard InChI is InChI=1S/C11H14F3N3/c1-7-5-17(6-8(7)2)10-4-15-9(3-16-10)11(12,13)14/h3-4,7-8H,5-6H2,1-2H3. The van der Waals surface area contributed by atoms with E-state index in [1.807, 2.05) is 4.90 Å². The monoisotopic (exact) mass is 245 g/mol. The molecule has 1 aromatic heterocycles. The lowest BCUT2D eigenvalue weighted by molar-refractivity contribution is -0.141. The average molecular weight is 245 g/mol. The molecule has 3 nitrogen and oxygen atoms in total. The summed E-state index contributed by atoms with van der Waals surface area (Å²) >= 11 is 0. The number of anilines is 1. The molecule has 0 bridgehead atoms. The molecule has 2 heterocycles. The SMILES string of the molecule is CC1CN(c2cnc(C(F)(F)F)cn2)CC1C. The summed E-state index contributed by atoms with van der Waals surface area (Å²) in [6, 6.07) is 0. The van der Waals surface area contributed by atoms with Crippen molar-refractivity contribution in [1.82, 2.24) is 9.97 Å². The minimum absolute atomic E-state index is 0.522. The molecule has 0 aromatic carbocycles. The maximum atomic E-state index is 12.3. The topological polar surface area (TPSA) is 29.0 Å². The molecule has 2 atom stereocenters. The molecule has 1 fully saturated rings. The zero-order chi connectivity index (χ0) is 12.6. The van der Waals surface area contributed by atoms with Crippen molar-refractivity contribution >= 4 is 5.82 Å². The third kappa shape index (κ3) is 2.50. The van der Waals surface area contributed by atoms with Gasteiger partial charge in [-0.1, -0.05) is 13.8 Å². The van der Waals surface area contributed by atoms with Crippen LogP contribution in [0.5, 0.6) is 0 Å². The maximum absolute atomic E-state index is 12.3. The summed E-state index contributed by atoms with van der Waals surface area (Å²) in [5.41, 5.74) is -0.943. The first kappa shape index (κ1) is 12.1. The summed E-state index contributed by atoms with van der Waals surface area (Å²) in [5.74, 6) is 1.58. The van der Waals surface area contributed by atoms with Gasteiger partial charge in [-0.3, -0.25) is 0 Å². The lowest BCUT2D eigenvalue weighted by Crippen LogP contribution is -2.21. The highest BCUT2D eigenvalue weighted by Crippen LogP contribution is 2.29. The van der Waals surface area contributed by atoms with Gasteiger partial charge < -0.3 is 4.90 Å². The van der Waals surface area contributed by atoms with E-state index in [4.69, 9.17) is 0 Å². The molecule has 2 rings (SSSR count). The summed E-state index contributed by atoms with van der Waals surface area (Å²) in [7, 11) is 0. The van der Waals surface area contributed by atoms with Crippen molar-refractivity contribution in [1.29, 1.82) is 0 Å². The molecule has 1 aromatic rings. The van der Waals surface area contributed by atoms with Crippen LogP contribution in [0.3, 0.4) is 0 Å². The normalized spacial score (nSPS) is 25.4. The van der Waals surface area contributed by atoms with Gasteiger partial charge in [-0.2, -0.15) is 13.2 Å². The van der Waals surface area contributed by atoms with Crippen LogP contribution in [0.25, 0.3) is 0 Å². The molecule has 1 saturated heterocycles. The molecule has 1 aliphatic heterocycles. The second-order valence-electron chi connectivity index (χ2n) is 4.62. The summed E-state index contributed by atoms with van der Waals surface area (Å²) in [6.07, 6.45) is -2.42. The smallest absolute Gasteiger partial charge is 0.355 e. The molecule has 2 unspecified atom stereocenters. The molecule has 0 saturated carbocycles. The molecule has 0 spiro atoms. The zero-order valence-corrected chi connectivity index (χ0v) is 9.70. The van der Waals surface area contributed by atoms with Crippen molar-refractivity contribution in [2.45, 2.75) is 20.0 Å². The second-order valence-corrected chi connectivity index (χ2v) is 4.62. The van der Waals surface area contributed by atoms with E-state index < -0.39 is 11.9 Å². The van der Waals surface area contributed by atoms with Crippen molar-refractivity contribution in [3.8, 4) is 0 Å². The highest BCUT2D eigenvalue weighted by atomic mass is 19.4. The van der Waals surface area contributed by atoms with Gasteiger partial charge in [-0.25, -0.2) is 9.97 Å². The zero-order valence-electron chi connectivity index (χ0n) is 9.70. The summed E-state index contributed by atoms with van der Waals surface area (Å²) in [6.45, 7) is 5.90. The molecule has 1 aliphatic rings. The molecule has 94 valence electrons. The number of nitrogens with zero attached hydrogens (tertiary/aromatic N) is 3. The minimum atomic E-state index is -4.42. The van der Waals surface area contributed by atoms with Gasteiger partial charge in [-0.05, 0) is 11.8 Å². The van der Waals surface area contributed by atoms with Gasteiger partial charge in [0.15, 0.2) is 5.69 Å². The minimum Gasteiger partial charge on any atom is -0.355 e. The van der Waals surface area contributed by atoms with E-state index in [1.54, 1.807) is 0 Å².